The lowest BCUT2D eigenvalue weighted by Crippen LogP contribution is -2.39. The number of rotatable bonds is 4. The molecule has 2 aliphatic rings. The van der Waals surface area contributed by atoms with Crippen molar-refractivity contribution < 1.29 is 23.5 Å². The number of amides is 1. The lowest BCUT2D eigenvalue weighted by atomic mass is 9.83. The van der Waals surface area contributed by atoms with Crippen LogP contribution in [0, 0.1) is 11.7 Å². The number of benzene rings is 1. The number of aliphatic hydroxyl groups is 1. The summed E-state index contributed by atoms with van der Waals surface area (Å²) in [5.41, 5.74) is 0.400. The van der Waals surface area contributed by atoms with Crippen molar-refractivity contribution in [2.75, 3.05) is 0 Å². The molecule has 1 aliphatic carbocycles. The van der Waals surface area contributed by atoms with Crippen molar-refractivity contribution in [1.29, 1.82) is 0 Å². The van der Waals surface area contributed by atoms with Crippen LogP contribution in [0.25, 0.3) is 5.76 Å². The number of ketones is 1. The van der Waals surface area contributed by atoms with Crippen molar-refractivity contribution in [1.82, 2.24) is 4.90 Å². The quantitative estimate of drug-likeness (QED) is 0.376. The smallest absolute Gasteiger partial charge is 0.295 e. The third kappa shape index (κ3) is 3.26. The summed E-state index contributed by atoms with van der Waals surface area (Å²) in [6, 6.07) is 8.16. The number of aliphatic hydroxyl groups excluding tert-OH is 1. The third-order valence-corrected chi connectivity index (χ3v) is 5.37. The van der Waals surface area contributed by atoms with Crippen LogP contribution in [-0.4, -0.2) is 27.7 Å². The number of furan rings is 1. The van der Waals surface area contributed by atoms with Crippen molar-refractivity contribution in [2.45, 2.75) is 31.8 Å². The molecular weight excluding hydrogens is 361 g/mol. The van der Waals surface area contributed by atoms with E-state index >= 15 is 0 Å². The van der Waals surface area contributed by atoms with Crippen molar-refractivity contribution in [2.24, 2.45) is 5.92 Å². The van der Waals surface area contributed by atoms with Crippen molar-refractivity contribution >= 4 is 17.4 Å². The van der Waals surface area contributed by atoms with E-state index in [1.54, 1.807) is 12.1 Å². The van der Waals surface area contributed by atoms with Crippen LogP contribution in [0.2, 0.25) is 0 Å². The highest BCUT2D eigenvalue weighted by molar-refractivity contribution is 6.46. The van der Waals surface area contributed by atoms with Gasteiger partial charge in [0.05, 0.1) is 24.4 Å². The molecule has 1 N–H and O–H groups in total. The van der Waals surface area contributed by atoms with E-state index in [1.807, 2.05) is 6.08 Å². The normalized spacial score (nSPS) is 24.1. The minimum atomic E-state index is -0.715. The number of Topliss-reactive ketones (excluding diaryl/α,β-unsaturated/α-hetero) is 1. The van der Waals surface area contributed by atoms with E-state index in [2.05, 4.69) is 6.08 Å². The van der Waals surface area contributed by atoms with Gasteiger partial charge in [-0.2, -0.15) is 0 Å². The summed E-state index contributed by atoms with van der Waals surface area (Å²) in [5.74, 6) is -1.50. The maximum absolute atomic E-state index is 13.3. The Hall–Kier alpha value is -3.15. The first-order chi connectivity index (χ1) is 13.6. The fraction of sp³-hybridized carbons (Fsp3) is 0.273. The van der Waals surface area contributed by atoms with E-state index in [9.17, 15) is 19.1 Å². The second kappa shape index (κ2) is 7.46. The molecular formula is C22H20FNO4. The van der Waals surface area contributed by atoms with Crippen LogP contribution in [0.15, 0.2) is 64.8 Å². The number of halogens is 1. The standard InChI is InChI=1S/C22H20FNO4/c23-16-10-8-15(9-11-16)20(25)18-19(14-5-2-1-3-6-14)24(22(27)21(18)26)13-17-7-4-12-28-17/h1-2,4,7-12,14,19,25H,3,5-6,13H2. The first kappa shape index (κ1) is 18.2. The Kier molecular flexibility index (Phi) is 4.86. The molecule has 1 aromatic heterocycles. The number of allylic oxidation sites excluding steroid dienone is 2. The molecule has 1 fully saturated rings. The Labute approximate surface area is 161 Å². The van der Waals surface area contributed by atoms with Crippen LogP contribution in [0.4, 0.5) is 4.39 Å². The Morgan fingerprint density at radius 2 is 1.96 bits per heavy atom. The molecule has 4 rings (SSSR count). The van der Waals surface area contributed by atoms with Gasteiger partial charge in [-0.3, -0.25) is 9.59 Å². The van der Waals surface area contributed by atoms with Gasteiger partial charge in [-0.1, -0.05) is 12.2 Å². The van der Waals surface area contributed by atoms with Crippen molar-refractivity contribution in [3.05, 3.63) is 77.5 Å². The maximum atomic E-state index is 13.3. The van der Waals surface area contributed by atoms with Gasteiger partial charge in [0.15, 0.2) is 0 Å². The summed E-state index contributed by atoms with van der Waals surface area (Å²) >= 11 is 0. The topological polar surface area (TPSA) is 70.8 Å². The molecule has 144 valence electrons. The zero-order chi connectivity index (χ0) is 19.7. The van der Waals surface area contributed by atoms with Gasteiger partial charge in [0.2, 0.25) is 0 Å². The molecule has 2 heterocycles. The summed E-state index contributed by atoms with van der Waals surface area (Å²) in [7, 11) is 0. The minimum absolute atomic E-state index is 0.00737. The molecule has 0 radical (unpaired) electrons. The maximum Gasteiger partial charge on any atom is 0.295 e. The van der Waals surface area contributed by atoms with Crippen molar-refractivity contribution in [3.63, 3.8) is 0 Å². The van der Waals surface area contributed by atoms with Gasteiger partial charge in [0, 0.05) is 5.56 Å². The molecule has 0 bridgehead atoms. The van der Waals surface area contributed by atoms with Gasteiger partial charge in [-0.05, 0) is 61.6 Å². The summed E-state index contributed by atoms with van der Waals surface area (Å²) in [5, 5.41) is 10.9. The van der Waals surface area contributed by atoms with Crippen LogP contribution < -0.4 is 0 Å². The third-order valence-electron chi connectivity index (χ3n) is 5.37. The van der Waals surface area contributed by atoms with Gasteiger partial charge in [0.1, 0.15) is 17.3 Å². The summed E-state index contributed by atoms with van der Waals surface area (Å²) in [6.07, 6.45) is 8.00. The largest absolute Gasteiger partial charge is 0.507 e. The Morgan fingerprint density at radius 3 is 2.61 bits per heavy atom. The first-order valence-electron chi connectivity index (χ1n) is 9.28. The zero-order valence-corrected chi connectivity index (χ0v) is 15.2. The van der Waals surface area contributed by atoms with E-state index in [0.717, 1.165) is 12.8 Å². The Bertz CT molecular complexity index is 943. The van der Waals surface area contributed by atoms with Crippen LogP contribution in [-0.2, 0) is 16.1 Å². The molecule has 1 saturated heterocycles. The molecule has 2 aromatic rings. The van der Waals surface area contributed by atoms with Gasteiger partial charge in [-0.25, -0.2) is 4.39 Å². The summed E-state index contributed by atoms with van der Waals surface area (Å²) in [4.78, 5) is 27.1. The number of likely N-dealkylation sites (tertiary alicyclic amines) is 1. The molecule has 28 heavy (non-hydrogen) atoms. The van der Waals surface area contributed by atoms with E-state index in [1.165, 1.54) is 35.4 Å². The van der Waals surface area contributed by atoms with Gasteiger partial charge in [0.25, 0.3) is 11.7 Å². The SMILES string of the molecule is O=C1C(=O)N(Cc2ccco2)C(C2CC=CCC2)C1=C(O)c1ccc(F)cc1. The monoisotopic (exact) mass is 381 g/mol. The number of hydrogen-bond donors (Lipinski definition) is 1. The lowest BCUT2D eigenvalue weighted by Gasteiger charge is -2.32. The van der Waals surface area contributed by atoms with E-state index < -0.39 is 23.5 Å². The van der Waals surface area contributed by atoms with Crippen LogP contribution in [0.1, 0.15) is 30.6 Å². The Balaban J connectivity index is 1.79. The fourth-order valence-electron chi connectivity index (χ4n) is 4.01. The van der Waals surface area contributed by atoms with Crippen LogP contribution in [0.3, 0.4) is 0 Å². The molecule has 5 nitrogen and oxygen atoms in total. The van der Waals surface area contributed by atoms with Crippen molar-refractivity contribution in [3.8, 4) is 0 Å². The molecule has 0 saturated carbocycles. The summed E-state index contributed by atoms with van der Waals surface area (Å²) in [6.45, 7) is 0.155. The second-order valence-corrected chi connectivity index (χ2v) is 7.10. The average molecular weight is 381 g/mol. The fourth-order valence-corrected chi connectivity index (χ4v) is 4.01. The lowest BCUT2D eigenvalue weighted by molar-refractivity contribution is -0.140. The highest BCUT2D eigenvalue weighted by Crippen LogP contribution is 2.38. The van der Waals surface area contributed by atoms with E-state index in [4.69, 9.17) is 4.42 Å². The molecule has 1 aliphatic heterocycles. The molecule has 6 heteroatoms. The predicted molar refractivity (Wildman–Crippen MR) is 100 cm³/mol. The Morgan fingerprint density at radius 1 is 1.18 bits per heavy atom. The molecule has 1 aromatic carbocycles. The molecule has 0 spiro atoms. The number of carbonyl (C=O) groups excluding carboxylic acids is 2. The zero-order valence-electron chi connectivity index (χ0n) is 15.2. The molecule has 1 amide bonds. The van der Waals surface area contributed by atoms with Gasteiger partial charge < -0.3 is 14.4 Å². The highest BCUT2D eigenvalue weighted by Gasteiger charge is 2.48. The van der Waals surface area contributed by atoms with Crippen LogP contribution in [0.5, 0.6) is 0 Å². The average Bonchev–Trinajstić information content (AvgIpc) is 3.31. The number of nitrogens with zero attached hydrogens (tertiary/aromatic N) is 1. The second-order valence-electron chi connectivity index (χ2n) is 7.10. The number of carbonyl (C=O) groups is 2. The molecule has 2 atom stereocenters. The number of hydrogen-bond acceptors (Lipinski definition) is 4. The van der Waals surface area contributed by atoms with Crippen LogP contribution >= 0.6 is 0 Å². The predicted octanol–water partition coefficient (Wildman–Crippen LogP) is 4.02. The molecule has 2 unspecified atom stereocenters. The van der Waals surface area contributed by atoms with Gasteiger partial charge in [-0.15, -0.1) is 0 Å². The first-order valence-corrected chi connectivity index (χ1v) is 9.28. The minimum Gasteiger partial charge on any atom is -0.507 e. The summed E-state index contributed by atoms with van der Waals surface area (Å²) < 4.78 is 18.6. The highest BCUT2D eigenvalue weighted by atomic mass is 19.1. The van der Waals surface area contributed by atoms with E-state index in [-0.39, 0.29) is 23.8 Å². The van der Waals surface area contributed by atoms with Gasteiger partial charge >= 0.3 is 0 Å². The van der Waals surface area contributed by atoms with E-state index in [0.29, 0.717) is 17.7 Å².